The zero-order chi connectivity index (χ0) is 20.4. The number of hydrogen-bond donors (Lipinski definition) is 0. The molecule has 1 amide bonds. The number of nitrogens with zero attached hydrogens (tertiary/aromatic N) is 4. The minimum absolute atomic E-state index is 0.0283. The number of methoxy groups -OCH3 is 1. The fourth-order valence-electron chi connectivity index (χ4n) is 3.66. The van der Waals surface area contributed by atoms with Gasteiger partial charge in [0, 0.05) is 31.9 Å². The summed E-state index contributed by atoms with van der Waals surface area (Å²) in [5.74, 6) is 0.878. The van der Waals surface area contributed by atoms with Crippen molar-refractivity contribution < 1.29 is 9.53 Å². The Bertz CT molecular complexity index is 985. The van der Waals surface area contributed by atoms with Gasteiger partial charge < -0.3 is 14.5 Å². The number of ether oxygens (including phenoxy) is 1. The topological polar surface area (TPSA) is 50.6 Å². The van der Waals surface area contributed by atoms with Crippen molar-refractivity contribution in [3.05, 3.63) is 71.5 Å². The Labute approximate surface area is 171 Å². The highest BCUT2D eigenvalue weighted by Gasteiger charge is 2.25. The van der Waals surface area contributed by atoms with Crippen LogP contribution in [-0.4, -0.2) is 53.9 Å². The molecule has 150 valence electrons. The van der Waals surface area contributed by atoms with E-state index >= 15 is 0 Å². The number of anilines is 1. The predicted molar refractivity (Wildman–Crippen MR) is 114 cm³/mol. The van der Waals surface area contributed by atoms with E-state index in [-0.39, 0.29) is 5.91 Å². The van der Waals surface area contributed by atoms with Crippen LogP contribution in [0.1, 0.15) is 21.7 Å². The monoisotopic (exact) mass is 390 g/mol. The van der Waals surface area contributed by atoms with Crippen LogP contribution in [0.3, 0.4) is 0 Å². The summed E-state index contributed by atoms with van der Waals surface area (Å²) in [6.07, 6.45) is 0. The second-order valence-electron chi connectivity index (χ2n) is 7.40. The molecular formula is C23H26N4O2. The van der Waals surface area contributed by atoms with Crippen molar-refractivity contribution in [2.75, 3.05) is 38.2 Å². The van der Waals surface area contributed by atoms with Crippen molar-refractivity contribution in [2.45, 2.75) is 13.8 Å². The molecular weight excluding hydrogens is 364 g/mol. The summed E-state index contributed by atoms with van der Waals surface area (Å²) >= 11 is 0. The zero-order valence-electron chi connectivity index (χ0n) is 17.1. The second kappa shape index (κ2) is 7.99. The van der Waals surface area contributed by atoms with Crippen molar-refractivity contribution in [1.82, 2.24) is 14.7 Å². The first-order valence-corrected chi connectivity index (χ1v) is 9.87. The van der Waals surface area contributed by atoms with Gasteiger partial charge in [-0.15, -0.1) is 0 Å². The van der Waals surface area contributed by atoms with Crippen LogP contribution in [0, 0.1) is 13.8 Å². The highest BCUT2D eigenvalue weighted by molar-refractivity contribution is 5.93. The smallest absolute Gasteiger partial charge is 0.272 e. The Kier molecular flexibility index (Phi) is 5.25. The normalized spacial score (nSPS) is 14.2. The van der Waals surface area contributed by atoms with Gasteiger partial charge in [0.2, 0.25) is 0 Å². The largest absolute Gasteiger partial charge is 0.497 e. The Balaban J connectivity index is 1.48. The molecule has 0 radical (unpaired) electrons. The summed E-state index contributed by atoms with van der Waals surface area (Å²) in [6.45, 7) is 6.94. The molecule has 1 aliphatic rings. The number of aromatic nitrogens is 2. The fourth-order valence-corrected chi connectivity index (χ4v) is 3.66. The Hall–Kier alpha value is -3.28. The van der Waals surface area contributed by atoms with E-state index in [1.165, 1.54) is 5.56 Å². The summed E-state index contributed by atoms with van der Waals surface area (Å²) in [5, 5.41) is 4.55. The quantitative estimate of drug-likeness (QED) is 0.685. The maximum Gasteiger partial charge on any atom is 0.272 e. The molecule has 6 heteroatoms. The molecule has 4 rings (SSSR count). The molecule has 1 saturated heterocycles. The molecule has 0 atom stereocenters. The molecule has 0 saturated carbocycles. The van der Waals surface area contributed by atoms with Gasteiger partial charge in [0.15, 0.2) is 0 Å². The minimum atomic E-state index is 0.0283. The molecule has 2 heterocycles. The lowest BCUT2D eigenvalue weighted by atomic mass is 10.2. The van der Waals surface area contributed by atoms with E-state index in [9.17, 15) is 4.79 Å². The molecule has 0 spiro atoms. The molecule has 0 unspecified atom stereocenters. The molecule has 0 aliphatic carbocycles. The van der Waals surface area contributed by atoms with Crippen molar-refractivity contribution in [3.63, 3.8) is 0 Å². The van der Waals surface area contributed by atoms with Crippen LogP contribution in [0.4, 0.5) is 5.69 Å². The van der Waals surface area contributed by atoms with Crippen LogP contribution in [0.25, 0.3) is 5.69 Å². The van der Waals surface area contributed by atoms with Crippen LogP contribution >= 0.6 is 0 Å². The van der Waals surface area contributed by atoms with Crippen LogP contribution in [0.2, 0.25) is 0 Å². The summed E-state index contributed by atoms with van der Waals surface area (Å²) in [4.78, 5) is 17.4. The Morgan fingerprint density at radius 1 is 0.897 bits per heavy atom. The van der Waals surface area contributed by atoms with E-state index < -0.39 is 0 Å². The van der Waals surface area contributed by atoms with E-state index in [2.05, 4.69) is 22.1 Å². The van der Waals surface area contributed by atoms with Gasteiger partial charge in [-0.25, -0.2) is 4.68 Å². The number of rotatable bonds is 4. The fraction of sp³-hybridized carbons (Fsp3) is 0.304. The second-order valence-corrected chi connectivity index (χ2v) is 7.40. The molecule has 2 aromatic carbocycles. The van der Waals surface area contributed by atoms with Gasteiger partial charge in [-0.3, -0.25) is 4.79 Å². The van der Waals surface area contributed by atoms with Gasteiger partial charge in [0.05, 0.1) is 18.5 Å². The Morgan fingerprint density at radius 2 is 1.52 bits per heavy atom. The molecule has 1 fully saturated rings. The molecule has 1 aliphatic heterocycles. The van der Waals surface area contributed by atoms with Crippen molar-refractivity contribution in [1.29, 1.82) is 0 Å². The van der Waals surface area contributed by atoms with E-state index in [1.807, 2.05) is 61.2 Å². The average molecular weight is 390 g/mol. The summed E-state index contributed by atoms with van der Waals surface area (Å²) < 4.78 is 6.99. The average Bonchev–Trinajstić information content (AvgIpc) is 3.15. The summed E-state index contributed by atoms with van der Waals surface area (Å²) in [5.41, 5.74) is 4.69. The van der Waals surface area contributed by atoms with Crippen molar-refractivity contribution in [3.8, 4) is 11.4 Å². The van der Waals surface area contributed by atoms with Crippen molar-refractivity contribution >= 4 is 11.6 Å². The van der Waals surface area contributed by atoms with Crippen LogP contribution in [-0.2, 0) is 0 Å². The van der Waals surface area contributed by atoms with Gasteiger partial charge >= 0.3 is 0 Å². The SMILES string of the molecule is COc1ccc(N2CCN(C(=O)c3cc(C)nn3-c3ccc(C)cc3)CC2)cc1. The molecule has 0 bridgehead atoms. The lowest BCUT2D eigenvalue weighted by Gasteiger charge is -2.36. The number of carbonyl (C=O) groups excluding carboxylic acids is 1. The number of carbonyl (C=O) groups is 1. The van der Waals surface area contributed by atoms with E-state index in [0.717, 1.165) is 35.9 Å². The highest BCUT2D eigenvalue weighted by Crippen LogP contribution is 2.22. The van der Waals surface area contributed by atoms with Gasteiger partial charge in [-0.1, -0.05) is 17.7 Å². The lowest BCUT2D eigenvalue weighted by molar-refractivity contribution is 0.0737. The maximum absolute atomic E-state index is 13.2. The molecule has 1 aromatic heterocycles. The van der Waals surface area contributed by atoms with E-state index in [0.29, 0.717) is 18.8 Å². The number of hydrogen-bond acceptors (Lipinski definition) is 4. The lowest BCUT2D eigenvalue weighted by Crippen LogP contribution is -2.49. The first-order chi connectivity index (χ1) is 14.0. The van der Waals surface area contributed by atoms with Crippen LogP contribution < -0.4 is 9.64 Å². The maximum atomic E-state index is 13.2. The molecule has 29 heavy (non-hydrogen) atoms. The molecule has 6 nitrogen and oxygen atoms in total. The predicted octanol–water partition coefficient (Wildman–Crippen LogP) is 3.46. The van der Waals surface area contributed by atoms with E-state index in [4.69, 9.17) is 4.74 Å². The number of benzene rings is 2. The van der Waals surface area contributed by atoms with Gasteiger partial charge in [0.1, 0.15) is 11.4 Å². The number of aryl methyl sites for hydroxylation is 2. The van der Waals surface area contributed by atoms with Gasteiger partial charge in [0.25, 0.3) is 5.91 Å². The zero-order valence-corrected chi connectivity index (χ0v) is 17.1. The van der Waals surface area contributed by atoms with Crippen molar-refractivity contribution in [2.24, 2.45) is 0 Å². The first-order valence-electron chi connectivity index (χ1n) is 9.87. The van der Waals surface area contributed by atoms with Crippen LogP contribution in [0.5, 0.6) is 5.75 Å². The van der Waals surface area contributed by atoms with E-state index in [1.54, 1.807) is 11.8 Å². The third-order valence-electron chi connectivity index (χ3n) is 5.33. The van der Waals surface area contributed by atoms with Gasteiger partial charge in [-0.05, 0) is 56.3 Å². The third-order valence-corrected chi connectivity index (χ3v) is 5.33. The molecule has 0 N–H and O–H groups in total. The first kappa shape index (κ1) is 19.1. The third kappa shape index (κ3) is 3.97. The standard InChI is InChI=1S/C23H26N4O2/c1-17-4-6-20(7-5-17)27-22(16-18(2)24-27)23(28)26-14-12-25(13-15-26)19-8-10-21(29-3)11-9-19/h4-11,16H,12-15H2,1-3H3. The number of amides is 1. The van der Waals surface area contributed by atoms with Crippen LogP contribution in [0.15, 0.2) is 54.6 Å². The Morgan fingerprint density at radius 3 is 2.14 bits per heavy atom. The molecule has 3 aromatic rings. The summed E-state index contributed by atoms with van der Waals surface area (Å²) in [6, 6.07) is 18.0. The minimum Gasteiger partial charge on any atom is -0.497 e. The van der Waals surface area contributed by atoms with Gasteiger partial charge in [-0.2, -0.15) is 5.10 Å². The number of piperazine rings is 1. The summed E-state index contributed by atoms with van der Waals surface area (Å²) in [7, 11) is 1.67. The highest BCUT2D eigenvalue weighted by atomic mass is 16.5.